The average molecular weight is 790 g/mol. The van der Waals surface area contributed by atoms with Crippen molar-refractivity contribution in [3.8, 4) is 28.7 Å². The van der Waals surface area contributed by atoms with E-state index in [4.69, 9.17) is 30.5 Å². The Labute approximate surface area is 327 Å². The summed E-state index contributed by atoms with van der Waals surface area (Å²) < 4.78 is 24.3. The first-order valence-corrected chi connectivity index (χ1v) is 19.0. The molecule has 1 saturated heterocycles. The maximum atomic E-state index is 14.4. The predicted molar refractivity (Wildman–Crippen MR) is 203 cm³/mol. The van der Waals surface area contributed by atoms with Crippen LogP contribution in [0.2, 0.25) is 5.02 Å². The molecule has 0 saturated carbocycles. The number of hydrogen-bond donors (Lipinski definition) is 3. The van der Waals surface area contributed by atoms with Gasteiger partial charge in [0.2, 0.25) is 23.2 Å². The number of ether oxygens (including phenoxy) is 4. The van der Waals surface area contributed by atoms with Crippen molar-refractivity contribution in [3.05, 3.63) is 86.0 Å². The van der Waals surface area contributed by atoms with Gasteiger partial charge in [0.25, 0.3) is 5.56 Å². The number of benzene rings is 2. The molecule has 14 nitrogen and oxygen atoms in total. The molecule has 0 radical (unpaired) electrons. The summed E-state index contributed by atoms with van der Waals surface area (Å²) in [5.74, 6) is -3.95. The number of phenolic OH excluding ortho intramolecular Hbond substituents is 1. The molecule has 1 spiro atoms. The number of hydrogen-bond acceptors (Lipinski definition) is 11. The Kier molecular flexibility index (Phi) is 10.5. The third-order valence-electron chi connectivity index (χ3n) is 11.6. The number of rotatable bonds is 11. The van der Waals surface area contributed by atoms with E-state index in [1.807, 2.05) is 15.5 Å². The third kappa shape index (κ3) is 6.53. The van der Waals surface area contributed by atoms with E-state index in [0.717, 1.165) is 12.1 Å². The first kappa shape index (κ1) is 38.8. The second-order valence-electron chi connectivity index (χ2n) is 14.9. The number of aliphatic hydroxyl groups excluding tert-OH is 1. The van der Waals surface area contributed by atoms with Gasteiger partial charge >= 0.3 is 0 Å². The largest absolute Gasteiger partial charge is 0.507 e. The molecule has 2 aromatic carbocycles. The zero-order chi connectivity index (χ0) is 40.1. The molecule has 4 aliphatic rings. The lowest BCUT2D eigenvalue weighted by molar-refractivity contribution is -0.134. The fourth-order valence-electron chi connectivity index (χ4n) is 8.82. The molecule has 1 fully saturated rings. The van der Waals surface area contributed by atoms with Crippen LogP contribution in [-0.4, -0.2) is 89.6 Å². The smallest absolute Gasteiger partial charge is 0.250 e. The van der Waals surface area contributed by atoms with Crippen LogP contribution in [0.5, 0.6) is 28.7 Å². The number of carbonyl (C=O) groups excluding carboxylic acids is 4. The summed E-state index contributed by atoms with van der Waals surface area (Å²) in [4.78, 5) is 69.6. The van der Waals surface area contributed by atoms with Crippen molar-refractivity contribution >= 4 is 35.0 Å². The van der Waals surface area contributed by atoms with Gasteiger partial charge < -0.3 is 43.9 Å². The summed E-state index contributed by atoms with van der Waals surface area (Å²) >= 11 is 6.61. The number of pyridine rings is 1. The molecule has 3 N–H and O–H groups in total. The van der Waals surface area contributed by atoms with Gasteiger partial charge in [0.15, 0.2) is 28.8 Å². The van der Waals surface area contributed by atoms with Gasteiger partial charge in [-0.3, -0.25) is 24.0 Å². The molecular formula is C41H44ClN3O11. The van der Waals surface area contributed by atoms with Gasteiger partial charge in [-0.15, -0.1) is 0 Å². The predicted octanol–water partition coefficient (Wildman–Crippen LogP) is 4.68. The number of ketones is 2. The number of halogens is 1. The number of methoxy groups -OCH3 is 3. The third-order valence-corrected chi connectivity index (χ3v) is 11.9. The van der Waals surface area contributed by atoms with E-state index < -0.39 is 40.7 Å². The highest BCUT2D eigenvalue weighted by Gasteiger charge is 2.61. The van der Waals surface area contributed by atoms with Gasteiger partial charge in [-0.05, 0) is 42.5 Å². The van der Waals surface area contributed by atoms with Gasteiger partial charge in [-0.1, -0.05) is 30.7 Å². The molecular weight excluding hydrogens is 746 g/mol. The van der Waals surface area contributed by atoms with Crippen LogP contribution >= 0.6 is 11.6 Å². The van der Waals surface area contributed by atoms with Crippen molar-refractivity contribution < 1.29 is 48.3 Å². The lowest BCUT2D eigenvalue weighted by Gasteiger charge is -2.42. The van der Waals surface area contributed by atoms with Crippen LogP contribution in [-0.2, 0) is 20.9 Å². The maximum absolute atomic E-state index is 14.4. The van der Waals surface area contributed by atoms with Crippen LogP contribution < -0.4 is 29.8 Å². The van der Waals surface area contributed by atoms with E-state index in [-0.39, 0.29) is 94.0 Å². The highest BCUT2D eigenvalue weighted by molar-refractivity contribution is 6.35. The Morgan fingerprint density at radius 1 is 1.00 bits per heavy atom. The van der Waals surface area contributed by atoms with Gasteiger partial charge in [-0.2, -0.15) is 0 Å². The molecule has 296 valence electrons. The van der Waals surface area contributed by atoms with Crippen molar-refractivity contribution in [2.45, 2.75) is 63.0 Å². The number of piperidine rings is 1. The number of aliphatic hydroxyl groups is 1. The molecule has 3 aromatic rings. The number of aromatic hydroxyl groups is 1. The summed E-state index contributed by atoms with van der Waals surface area (Å²) in [7, 11) is 4.10. The number of allylic oxidation sites excluding steroid dienone is 1. The normalized spacial score (nSPS) is 22.9. The van der Waals surface area contributed by atoms with Gasteiger partial charge in [-0.25, -0.2) is 0 Å². The summed E-state index contributed by atoms with van der Waals surface area (Å²) in [6, 6.07) is 11.0. The number of likely N-dealkylation sites (tertiary alicyclic amines) is 1. The van der Waals surface area contributed by atoms with Crippen LogP contribution in [0.15, 0.2) is 58.6 Å². The molecule has 4 heterocycles. The number of carbonyl (C=O) groups is 4. The molecule has 2 amide bonds. The van der Waals surface area contributed by atoms with Crippen molar-refractivity contribution in [3.63, 3.8) is 0 Å². The lowest BCUT2D eigenvalue weighted by atomic mass is 9.69. The van der Waals surface area contributed by atoms with Crippen LogP contribution in [0.25, 0.3) is 0 Å². The number of fused-ring (bicyclic) bond motifs is 5. The average Bonchev–Trinajstić information content (AvgIpc) is 3.50. The number of aromatic nitrogens is 1. The van der Waals surface area contributed by atoms with Crippen LogP contribution in [0.1, 0.15) is 72.5 Å². The Bertz CT molecular complexity index is 2220. The number of Topliss-reactive ketones (excluding diaryl/α,β-unsaturated/α-hetero) is 2. The van der Waals surface area contributed by atoms with Crippen molar-refractivity contribution in [2.75, 3.05) is 41.0 Å². The topological polar surface area (TPSA) is 183 Å². The van der Waals surface area contributed by atoms with E-state index in [2.05, 4.69) is 5.32 Å². The molecule has 5 atom stereocenters. The molecule has 1 aromatic heterocycles. The molecule has 56 heavy (non-hydrogen) atoms. The van der Waals surface area contributed by atoms with Gasteiger partial charge in [0.05, 0.1) is 21.3 Å². The Hall–Kier alpha value is -5.50. The fourth-order valence-corrected chi connectivity index (χ4v) is 9.08. The molecule has 7 rings (SSSR count). The quantitative estimate of drug-likeness (QED) is 0.229. The van der Waals surface area contributed by atoms with Crippen LogP contribution in [0.4, 0.5) is 0 Å². The first-order chi connectivity index (χ1) is 26.8. The first-order valence-electron chi connectivity index (χ1n) is 18.6. The zero-order valence-electron chi connectivity index (χ0n) is 31.6. The van der Waals surface area contributed by atoms with E-state index in [0.29, 0.717) is 31.6 Å². The van der Waals surface area contributed by atoms with E-state index in [9.17, 15) is 34.2 Å². The maximum Gasteiger partial charge on any atom is 0.250 e. The molecule has 3 aliphatic heterocycles. The number of nitrogens with one attached hydrogen (secondary N) is 1. The van der Waals surface area contributed by atoms with Crippen molar-refractivity contribution in [2.24, 2.45) is 11.8 Å². The van der Waals surface area contributed by atoms with Crippen molar-refractivity contribution in [1.29, 1.82) is 0 Å². The van der Waals surface area contributed by atoms with Crippen molar-refractivity contribution in [1.82, 2.24) is 14.8 Å². The highest BCUT2D eigenvalue weighted by atomic mass is 35.5. The molecule has 2 bridgehead atoms. The minimum Gasteiger partial charge on any atom is -0.507 e. The SMILES string of the molecule is COc1cc(C(CC(=O)NCCCC(=O)N2C[C@H]3C[C@@H](C2)c2cccc(=O)n2C3)C2=C(O)C3(Oc4c(Cl)c(OC)cc(OC)c4C3=O)C(C)CC2=O)ccc1O. The summed E-state index contributed by atoms with van der Waals surface area (Å²) in [6.07, 6.45) is 0.915. The molecule has 1 aliphatic carbocycles. The van der Waals surface area contributed by atoms with Gasteiger partial charge in [0.1, 0.15) is 22.1 Å². The minimum atomic E-state index is -2.07. The Balaban J connectivity index is 1.11. The lowest BCUT2D eigenvalue weighted by Crippen LogP contribution is -2.53. The summed E-state index contributed by atoms with van der Waals surface area (Å²) in [5, 5.41) is 25.4. The number of amides is 2. The Morgan fingerprint density at radius 2 is 1.75 bits per heavy atom. The summed E-state index contributed by atoms with van der Waals surface area (Å²) in [6.45, 7) is 3.44. The number of phenols is 1. The standard InChI is InChI=1S/C41H44ClN3O11/c1-21-13-28(47)35(39(51)41(21)40(52)36-30(54-3)17-31(55-4)37(42)38(36)56-41)25(23-10-11-27(46)29(15-23)53-2)16-32(48)43-12-6-9-33(49)44-18-22-14-24(20-44)26-7-5-8-34(50)45(26)19-22/h5,7-8,10-11,15,17,21-22,24-25,46,51H,6,9,12-14,16,18-20H2,1-4H3,(H,43,48)/t21?,22-,24+,25?,41?/m1/s1. The zero-order valence-corrected chi connectivity index (χ0v) is 32.3. The minimum absolute atomic E-state index is 0.0185. The second-order valence-corrected chi connectivity index (χ2v) is 15.3. The Morgan fingerprint density at radius 3 is 2.48 bits per heavy atom. The molecule has 15 heteroatoms. The molecule has 3 unspecified atom stereocenters. The van der Waals surface area contributed by atoms with Crippen LogP contribution in [0.3, 0.4) is 0 Å². The van der Waals surface area contributed by atoms with E-state index >= 15 is 0 Å². The van der Waals surface area contributed by atoms with Gasteiger partial charge in [0, 0.05) is 86.6 Å². The summed E-state index contributed by atoms with van der Waals surface area (Å²) in [5.41, 5.74) is -1.02. The van der Waals surface area contributed by atoms with E-state index in [1.54, 1.807) is 19.1 Å². The van der Waals surface area contributed by atoms with Crippen LogP contribution in [0, 0.1) is 11.8 Å². The highest BCUT2D eigenvalue weighted by Crippen LogP contribution is 2.56. The number of nitrogens with zero attached hydrogens (tertiary/aromatic N) is 2. The monoisotopic (exact) mass is 789 g/mol. The fraction of sp³-hybridized carbons (Fsp3) is 0.439. The van der Waals surface area contributed by atoms with E-state index in [1.165, 1.54) is 45.6 Å². The second kappa shape index (κ2) is 15.2.